The number of nitrogens with zero attached hydrogens (tertiary/aromatic N) is 2. The standard InChI is InChI=1S/C18H21N3O6S/c1-2-3-7-10-21(20-24)15-11-13(18(22)23)12-16(28(19,25)26)17(15)27-14-8-5-4-6-9-14/h4-6,8-9,11-12H,2-3,7,10H2,1H3,(H,22,23)(H2,19,25,26). The zero-order valence-corrected chi connectivity index (χ0v) is 16.1. The van der Waals surface area contributed by atoms with E-state index in [1.54, 1.807) is 30.3 Å². The Balaban J connectivity index is 2.68. The van der Waals surface area contributed by atoms with Crippen LogP contribution in [0.2, 0.25) is 0 Å². The summed E-state index contributed by atoms with van der Waals surface area (Å²) in [5.41, 5.74) is -0.442. The van der Waals surface area contributed by atoms with Crippen molar-refractivity contribution in [1.29, 1.82) is 0 Å². The Kier molecular flexibility index (Phi) is 7.07. The van der Waals surface area contributed by atoms with Crippen LogP contribution in [-0.4, -0.2) is 26.0 Å². The average Bonchev–Trinajstić information content (AvgIpc) is 2.65. The third-order valence-electron chi connectivity index (χ3n) is 3.90. The summed E-state index contributed by atoms with van der Waals surface area (Å²) in [5, 5.41) is 18.5. The smallest absolute Gasteiger partial charge is 0.335 e. The molecule has 150 valence electrons. The van der Waals surface area contributed by atoms with Crippen LogP contribution in [0.5, 0.6) is 11.5 Å². The molecule has 28 heavy (non-hydrogen) atoms. The van der Waals surface area contributed by atoms with Crippen molar-refractivity contribution < 1.29 is 23.1 Å². The predicted octanol–water partition coefficient (Wildman–Crippen LogP) is 3.50. The fraction of sp³-hybridized carbons (Fsp3) is 0.278. The number of nitroso groups, excluding NO2 is 1. The molecule has 0 spiro atoms. The summed E-state index contributed by atoms with van der Waals surface area (Å²) in [6.45, 7) is 2.14. The van der Waals surface area contributed by atoms with Crippen LogP contribution in [0.15, 0.2) is 52.6 Å². The van der Waals surface area contributed by atoms with Gasteiger partial charge in [-0.05, 0) is 30.7 Å². The first kappa shape index (κ1) is 21.3. The normalized spacial score (nSPS) is 11.1. The number of rotatable bonds is 10. The molecular weight excluding hydrogens is 386 g/mol. The van der Waals surface area contributed by atoms with Crippen molar-refractivity contribution in [2.45, 2.75) is 31.1 Å². The molecule has 2 aromatic rings. The van der Waals surface area contributed by atoms with Crippen LogP contribution in [0.4, 0.5) is 5.69 Å². The van der Waals surface area contributed by atoms with Crippen LogP contribution in [0.1, 0.15) is 36.5 Å². The lowest BCUT2D eigenvalue weighted by molar-refractivity contribution is 0.0696. The van der Waals surface area contributed by atoms with Crippen molar-refractivity contribution in [1.82, 2.24) is 0 Å². The highest BCUT2D eigenvalue weighted by atomic mass is 32.2. The van der Waals surface area contributed by atoms with Gasteiger partial charge in [-0.2, -0.15) is 0 Å². The molecule has 0 aliphatic heterocycles. The highest BCUT2D eigenvalue weighted by Crippen LogP contribution is 2.39. The van der Waals surface area contributed by atoms with Gasteiger partial charge in [0.15, 0.2) is 5.75 Å². The number of ether oxygens (including phenoxy) is 1. The average molecular weight is 407 g/mol. The first-order valence-corrected chi connectivity index (χ1v) is 10.1. The summed E-state index contributed by atoms with van der Waals surface area (Å²) < 4.78 is 29.9. The van der Waals surface area contributed by atoms with E-state index in [-0.39, 0.29) is 29.3 Å². The number of carbonyl (C=O) groups is 1. The lowest BCUT2D eigenvalue weighted by Gasteiger charge is -2.21. The van der Waals surface area contributed by atoms with Crippen molar-refractivity contribution in [3.8, 4) is 11.5 Å². The summed E-state index contributed by atoms with van der Waals surface area (Å²) in [6, 6.07) is 10.3. The first-order chi connectivity index (χ1) is 13.3. The Morgan fingerprint density at radius 1 is 1.21 bits per heavy atom. The molecule has 0 aliphatic rings. The highest BCUT2D eigenvalue weighted by Gasteiger charge is 2.26. The molecular formula is C18H21N3O6S. The van der Waals surface area contributed by atoms with Gasteiger partial charge < -0.3 is 9.84 Å². The van der Waals surface area contributed by atoms with Crippen molar-refractivity contribution >= 4 is 21.7 Å². The summed E-state index contributed by atoms with van der Waals surface area (Å²) >= 11 is 0. The molecule has 0 bridgehead atoms. The van der Waals surface area contributed by atoms with E-state index in [9.17, 15) is 23.2 Å². The van der Waals surface area contributed by atoms with Gasteiger partial charge in [-0.15, -0.1) is 4.91 Å². The fourth-order valence-corrected chi connectivity index (χ4v) is 3.24. The minimum Gasteiger partial charge on any atom is -0.478 e. The lowest BCUT2D eigenvalue weighted by Crippen LogP contribution is -2.21. The number of primary sulfonamides is 1. The molecule has 2 aromatic carbocycles. The number of benzene rings is 2. The molecule has 0 aliphatic carbocycles. The van der Waals surface area contributed by atoms with E-state index in [4.69, 9.17) is 9.88 Å². The maximum Gasteiger partial charge on any atom is 0.335 e. The number of hydrogen-bond acceptors (Lipinski definition) is 6. The summed E-state index contributed by atoms with van der Waals surface area (Å²) in [7, 11) is -4.36. The van der Waals surface area contributed by atoms with Crippen LogP contribution in [0, 0.1) is 4.91 Å². The number of anilines is 1. The topological polar surface area (TPSA) is 139 Å². The van der Waals surface area contributed by atoms with Crippen molar-refractivity contribution in [2.24, 2.45) is 10.4 Å². The summed E-state index contributed by atoms with van der Waals surface area (Å²) in [5.74, 6) is -1.34. The zero-order valence-electron chi connectivity index (χ0n) is 15.2. The molecule has 0 saturated carbocycles. The first-order valence-electron chi connectivity index (χ1n) is 8.55. The van der Waals surface area contributed by atoms with Gasteiger partial charge in [0.1, 0.15) is 16.3 Å². The van der Waals surface area contributed by atoms with E-state index in [0.717, 1.165) is 30.0 Å². The molecule has 0 atom stereocenters. The Labute approximate surface area is 162 Å². The van der Waals surface area contributed by atoms with Crippen molar-refractivity contribution in [2.75, 3.05) is 11.6 Å². The second kappa shape index (κ2) is 9.29. The van der Waals surface area contributed by atoms with Gasteiger partial charge in [0, 0.05) is 6.54 Å². The van der Waals surface area contributed by atoms with Gasteiger partial charge in [0.2, 0.25) is 10.0 Å². The molecule has 3 N–H and O–H groups in total. The Bertz CT molecular complexity index is 947. The van der Waals surface area contributed by atoms with Crippen LogP contribution >= 0.6 is 0 Å². The monoisotopic (exact) mass is 407 g/mol. The second-order valence-corrected chi connectivity index (χ2v) is 7.53. The van der Waals surface area contributed by atoms with Crippen LogP contribution in [-0.2, 0) is 10.0 Å². The van der Waals surface area contributed by atoms with E-state index >= 15 is 0 Å². The Morgan fingerprint density at radius 3 is 2.43 bits per heavy atom. The molecule has 9 nitrogen and oxygen atoms in total. The summed E-state index contributed by atoms with van der Waals surface area (Å²) in [6.07, 6.45) is 2.29. The van der Waals surface area contributed by atoms with Gasteiger partial charge in [-0.1, -0.05) is 38.0 Å². The number of hydrogen-bond donors (Lipinski definition) is 2. The van der Waals surface area contributed by atoms with E-state index < -0.39 is 20.9 Å². The molecule has 0 saturated heterocycles. The molecule has 0 radical (unpaired) electrons. The van der Waals surface area contributed by atoms with Gasteiger partial charge in [-0.3, -0.25) is 0 Å². The Morgan fingerprint density at radius 2 is 1.89 bits per heavy atom. The van der Waals surface area contributed by atoms with E-state index in [1.165, 1.54) is 0 Å². The van der Waals surface area contributed by atoms with E-state index in [0.29, 0.717) is 6.42 Å². The van der Waals surface area contributed by atoms with Crippen molar-refractivity contribution in [3.05, 3.63) is 52.9 Å². The molecule has 0 amide bonds. The molecule has 0 fully saturated rings. The molecule has 0 unspecified atom stereocenters. The Hall–Kier alpha value is -2.98. The van der Waals surface area contributed by atoms with Crippen molar-refractivity contribution in [3.63, 3.8) is 0 Å². The maximum absolute atomic E-state index is 12.1. The van der Waals surface area contributed by atoms with E-state index in [2.05, 4.69) is 5.29 Å². The number of para-hydroxylation sites is 1. The third kappa shape index (κ3) is 5.27. The fourth-order valence-electron chi connectivity index (χ4n) is 2.54. The van der Waals surface area contributed by atoms with Gasteiger partial charge >= 0.3 is 5.97 Å². The molecule has 10 heteroatoms. The zero-order chi connectivity index (χ0) is 20.7. The number of sulfonamides is 1. The molecule has 2 rings (SSSR count). The third-order valence-corrected chi connectivity index (χ3v) is 4.82. The molecule has 0 heterocycles. The van der Waals surface area contributed by atoms with Crippen LogP contribution in [0.25, 0.3) is 0 Å². The number of unbranched alkanes of at least 4 members (excludes halogenated alkanes) is 2. The number of carboxylic acids is 1. The quantitative estimate of drug-likeness (QED) is 0.349. The van der Waals surface area contributed by atoms with Gasteiger partial charge in [0.25, 0.3) is 0 Å². The van der Waals surface area contributed by atoms with E-state index in [1.807, 2.05) is 6.92 Å². The minimum absolute atomic E-state index is 0.0844. The van der Waals surface area contributed by atoms with Gasteiger partial charge in [0.05, 0.1) is 10.8 Å². The maximum atomic E-state index is 12.1. The SMILES string of the molecule is CCCCCN(N=O)c1cc(C(=O)O)cc(S(N)(=O)=O)c1Oc1ccccc1. The number of nitrogens with two attached hydrogens (primary N) is 1. The lowest BCUT2D eigenvalue weighted by atomic mass is 10.1. The summed E-state index contributed by atoms with van der Waals surface area (Å²) in [4.78, 5) is 22.4. The second-order valence-electron chi connectivity index (χ2n) is 6.00. The minimum atomic E-state index is -4.36. The van der Waals surface area contributed by atoms with Crippen LogP contribution < -0.4 is 14.9 Å². The predicted molar refractivity (Wildman–Crippen MR) is 104 cm³/mol. The molecule has 0 aromatic heterocycles. The number of carboxylic acid groups (broad SMARTS) is 1. The van der Waals surface area contributed by atoms with Gasteiger partial charge in [-0.25, -0.2) is 23.4 Å². The van der Waals surface area contributed by atoms with Crippen LogP contribution in [0.3, 0.4) is 0 Å². The number of aromatic carboxylic acids is 1. The highest BCUT2D eigenvalue weighted by molar-refractivity contribution is 7.89. The largest absolute Gasteiger partial charge is 0.478 e.